The second-order valence-electron chi connectivity index (χ2n) is 5.40. The van der Waals surface area contributed by atoms with Gasteiger partial charge in [-0.25, -0.2) is 0 Å². The maximum atomic E-state index is 11.6. The predicted molar refractivity (Wildman–Crippen MR) is 98.9 cm³/mol. The molecule has 0 saturated heterocycles. The van der Waals surface area contributed by atoms with Gasteiger partial charge in [-0.1, -0.05) is 0 Å². The Morgan fingerprint density at radius 3 is 1.17 bits per heavy atom. The molecular formula is C13H24O6S3Sn. The first kappa shape index (κ1) is 23.3. The van der Waals surface area contributed by atoms with Crippen LogP contribution in [0.3, 0.4) is 0 Å². The standard InChI is InChI=1S/C4H9.3C3H6O2S.Sn/c1-4(2)3;3*1-5-3(4)2-6;/h1-3H3;3*6H,2H2,1H3;/q;;;;+3/p-3. The maximum absolute atomic E-state index is 11.6. The van der Waals surface area contributed by atoms with Crippen LogP contribution in [0.25, 0.3) is 0 Å². The number of esters is 3. The minimum absolute atomic E-state index is 0.106. The summed E-state index contributed by atoms with van der Waals surface area (Å²) in [6.07, 6.45) is 0. The fraction of sp³-hybridized carbons (Fsp3) is 0.769. The average Bonchev–Trinajstić information content (AvgIpc) is 2.51. The number of hydrogen-bond donors (Lipinski definition) is 0. The zero-order valence-corrected chi connectivity index (χ0v) is 19.6. The van der Waals surface area contributed by atoms with Gasteiger partial charge in [-0.2, -0.15) is 0 Å². The molecule has 0 rings (SSSR count). The van der Waals surface area contributed by atoms with Crippen molar-refractivity contribution in [1.82, 2.24) is 0 Å². The average molecular weight is 491 g/mol. The van der Waals surface area contributed by atoms with E-state index in [4.69, 9.17) is 14.2 Å². The topological polar surface area (TPSA) is 78.9 Å². The molecule has 0 radical (unpaired) electrons. The van der Waals surface area contributed by atoms with E-state index in [2.05, 4.69) is 20.8 Å². The Labute approximate surface area is 149 Å². The number of hydrogen-bond acceptors (Lipinski definition) is 9. The van der Waals surface area contributed by atoms with Gasteiger partial charge in [-0.15, -0.1) is 0 Å². The summed E-state index contributed by atoms with van der Waals surface area (Å²) in [7, 11) is 8.72. The van der Waals surface area contributed by atoms with Gasteiger partial charge in [0, 0.05) is 0 Å². The van der Waals surface area contributed by atoms with Crippen molar-refractivity contribution in [3.8, 4) is 0 Å². The molecule has 0 unspecified atom stereocenters. The van der Waals surface area contributed by atoms with Crippen molar-refractivity contribution in [2.75, 3.05) is 38.6 Å². The van der Waals surface area contributed by atoms with E-state index in [1.54, 1.807) is 26.8 Å². The second-order valence-corrected chi connectivity index (χ2v) is 39.5. The van der Waals surface area contributed by atoms with Crippen LogP contribution in [0.4, 0.5) is 0 Å². The molecule has 0 aromatic heterocycles. The monoisotopic (exact) mass is 492 g/mol. The molecule has 0 aromatic carbocycles. The van der Waals surface area contributed by atoms with Crippen LogP contribution in [-0.2, 0) is 28.6 Å². The Morgan fingerprint density at radius 2 is 1.00 bits per heavy atom. The normalized spacial score (nSPS) is 11.7. The van der Waals surface area contributed by atoms with Gasteiger partial charge in [0.2, 0.25) is 0 Å². The van der Waals surface area contributed by atoms with Crippen molar-refractivity contribution in [2.24, 2.45) is 0 Å². The molecule has 0 aliphatic rings. The first-order valence-electron chi connectivity index (χ1n) is 6.74. The fourth-order valence-corrected chi connectivity index (χ4v) is 37.6. The van der Waals surface area contributed by atoms with Crippen LogP contribution in [0.15, 0.2) is 0 Å². The summed E-state index contributed by atoms with van der Waals surface area (Å²) in [6, 6.07) is 0. The summed E-state index contributed by atoms with van der Waals surface area (Å²) < 4.78 is 14.1. The molecule has 6 nitrogen and oxygen atoms in total. The van der Waals surface area contributed by atoms with Gasteiger partial charge < -0.3 is 0 Å². The summed E-state index contributed by atoms with van der Waals surface area (Å²) >= 11 is -3.29. The summed E-state index contributed by atoms with van der Waals surface area (Å²) in [5.41, 5.74) is 0. The molecule has 134 valence electrons. The minimum atomic E-state index is -3.29. The number of carbonyl (C=O) groups excluding carboxylic acids is 3. The quantitative estimate of drug-likeness (QED) is 0.275. The first-order chi connectivity index (χ1) is 10.6. The molecule has 0 atom stereocenters. The molecule has 0 amide bonds. The molecule has 0 aromatic rings. The summed E-state index contributed by atoms with van der Waals surface area (Å²) in [4.78, 5) is 34.7. The second kappa shape index (κ2) is 11.0. The van der Waals surface area contributed by atoms with Gasteiger partial charge in [0.1, 0.15) is 0 Å². The van der Waals surface area contributed by atoms with Crippen molar-refractivity contribution in [3.63, 3.8) is 0 Å². The van der Waals surface area contributed by atoms with Crippen LogP contribution in [0.5, 0.6) is 0 Å². The molecule has 0 heterocycles. The predicted octanol–water partition coefficient (Wildman–Crippen LogP) is 2.44. The van der Waals surface area contributed by atoms with Gasteiger partial charge in [0.25, 0.3) is 0 Å². The van der Waals surface area contributed by atoms with E-state index in [-0.39, 0.29) is 38.6 Å². The molecule has 0 aliphatic carbocycles. The molecular weight excluding hydrogens is 467 g/mol. The van der Waals surface area contributed by atoms with E-state index in [0.717, 1.165) is 0 Å². The van der Waals surface area contributed by atoms with Gasteiger partial charge in [0.05, 0.1) is 0 Å². The van der Waals surface area contributed by atoms with E-state index < -0.39 is 14.2 Å². The zero-order chi connectivity index (χ0) is 18.1. The zero-order valence-electron chi connectivity index (χ0n) is 14.3. The van der Waals surface area contributed by atoms with Crippen LogP contribution < -0.4 is 0 Å². The van der Waals surface area contributed by atoms with Crippen LogP contribution in [0.2, 0.25) is 3.43 Å². The van der Waals surface area contributed by atoms with Crippen LogP contribution in [-0.4, -0.2) is 70.7 Å². The van der Waals surface area contributed by atoms with Gasteiger partial charge >= 0.3 is 150 Å². The number of carbonyl (C=O) groups is 3. The van der Waals surface area contributed by atoms with E-state index >= 15 is 0 Å². The Morgan fingerprint density at radius 1 is 0.739 bits per heavy atom. The third kappa shape index (κ3) is 8.26. The Balaban J connectivity index is 5.30. The van der Waals surface area contributed by atoms with E-state index in [9.17, 15) is 14.4 Å². The molecule has 0 spiro atoms. The molecule has 0 fully saturated rings. The molecule has 23 heavy (non-hydrogen) atoms. The SMILES string of the molecule is COC(=O)C[S][Sn]([S]CC(=O)OC)([S]CC(=O)OC)[C](C)(C)C. The van der Waals surface area contributed by atoms with Crippen LogP contribution in [0.1, 0.15) is 20.8 Å². The summed E-state index contributed by atoms with van der Waals surface area (Å²) in [5, 5.41) is 0. The van der Waals surface area contributed by atoms with Crippen molar-refractivity contribution in [3.05, 3.63) is 0 Å². The Kier molecular flexibility index (Phi) is 11.1. The first-order valence-corrected chi connectivity index (χ1v) is 21.6. The van der Waals surface area contributed by atoms with E-state index in [0.29, 0.717) is 0 Å². The Bertz CT molecular complexity index is 374. The molecule has 0 N–H and O–H groups in total. The summed E-state index contributed by atoms with van der Waals surface area (Å²) in [6.45, 7) is 6.26. The van der Waals surface area contributed by atoms with Gasteiger partial charge in [-0.05, 0) is 0 Å². The van der Waals surface area contributed by atoms with Crippen molar-refractivity contribution in [2.45, 2.75) is 24.2 Å². The molecule has 0 aliphatic heterocycles. The number of ether oxygens (including phenoxy) is 3. The van der Waals surface area contributed by atoms with Gasteiger partial charge in [0.15, 0.2) is 0 Å². The number of methoxy groups -OCH3 is 3. The van der Waals surface area contributed by atoms with Crippen molar-refractivity contribution < 1.29 is 28.6 Å². The third-order valence-electron chi connectivity index (χ3n) is 2.74. The molecule has 0 saturated carbocycles. The van der Waals surface area contributed by atoms with Gasteiger partial charge in [-0.3, -0.25) is 0 Å². The van der Waals surface area contributed by atoms with Crippen LogP contribution in [0, 0.1) is 0 Å². The van der Waals surface area contributed by atoms with Crippen LogP contribution >= 0.6 is 26.8 Å². The fourth-order valence-electron chi connectivity index (χ4n) is 1.41. The molecule has 0 bridgehead atoms. The molecule has 10 heteroatoms. The summed E-state index contributed by atoms with van der Waals surface area (Å²) in [5.74, 6) is -0.280. The Hall–Kier alpha value is 0.259. The van der Waals surface area contributed by atoms with E-state index in [1.165, 1.54) is 21.3 Å². The number of rotatable bonds is 9. The van der Waals surface area contributed by atoms with Crippen molar-refractivity contribution in [1.29, 1.82) is 0 Å². The third-order valence-corrected chi connectivity index (χ3v) is 50.3. The van der Waals surface area contributed by atoms with E-state index in [1.807, 2.05) is 0 Å². The van der Waals surface area contributed by atoms with Crippen molar-refractivity contribution >= 4 is 59.0 Å².